The van der Waals surface area contributed by atoms with Crippen molar-refractivity contribution in [3.63, 3.8) is 0 Å². The molecule has 0 radical (unpaired) electrons. The molecule has 0 fully saturated rings. The smallest absolute Gasteiger partial charge is 0.0905 e. The zero-order valence-corrected chi connectivity index (χ0v) is 22.5. The van der Waals surface area contributed by atoms with E-state index < -0.39 is 72.4 Å². The van der Waals surface area contributed by atoms with Gasteiger partial charge in [0.05, 0.1) is 72.4 Å². The number of rotatable bonds is 6. The maximum Gasteiger partial charge on any atom is 0.0905 e. The molecule has 0 bridgehead atoms. The molecule has 6 unspecified atom stereocenters. The van der Waals surface area contributed by atoms with Gasteiger partial charge in [-0.15, -0.1) is 0 Å². The zero-order chi connectivity index (χ0) is 30.9. The number of aliphatic hydroxyl groups is 6. The molecule has 0 aromatic carbocycles. The van der Waals surface area contributed by atoms with Gasteiger partial charge in [0.25, 0.3) is 0 Å². The van der Waals surface area contributed by atoms with Gasteiger partial charge < -0.3 is 90.0 Å². The molecule has 19 heteroatoms. The summed E-state index contributed by atoms with van der Waals surface area (Å²) in [5.41, 5.74) is 0. The van der Waals surface area contributed by atoms with Crippen LogP contribution in [0, 0.1) is 0 Å². The van der Waals surface area contributed by atoms with Crippen LogP contribution in [0.15, 0.2) is 0 Å². The molecule has 0 saturated carbocycles. The predicted octanol–water partition coefficient (Wildman–Crippen LogP) is -11.3. The van der Waals surface area contributed by atoms with Crippen molar-refractivity contribution in [1.29, 1.82) is 0 Å². The number of hydrogen-bond acceptors (Lipinski definition) is 18. The second-order valence-electron chi connectivity index (χ2n) is 5.97. The number of carboxylic acid groups (broad SMARTS) is 6. The third-order valence-corrected chi connectivity index (χ3v) is 2.05. The summed E-state index contributed by atoms with van der Waals surface area (Å²) < 4.78 is 0. The summed E-state index contributed by atoms with van der Waals surface area (Å²) in [5.74, 6) is -8.61. The van der Waals surface area contributed by atoms with E-state index in [9.17, 15) is 59.4 Å². The monoisotopic (exact) mass is 632 g/mol. The van der Waals surface area contributed by atoms with Crippen LogP contribution in [0.4, 0.5) is 0 Å². The van der Waals surface area contributed by atoms with Gasteiger partial charge in [-0.25, -0.2) is 0 Å². The normalized spacial score (nSPS) is 13.3. The van der Waals surface area contributed by atoms with Gasteiger partial charge in [0.1, 0.15) is 0 Å². The Morgan fingerprint density at radius 2 is 0.378 bits per heavy atom. The van der Waals surface area contributed by atoms with E-state index in [1.807, 2.05) is 0 Å². The van der Waals surface area contributed by atoms with E-state index in [4.69, 9.17) is 30.6 Å². The van der Waals surface area contributed by atoms with Crippen molar-refractivity contribution in [2.75, 3.05) is 0 Å². The summed E-state index contributed by atoms with van der Waals surface area (Å²) >= 11 is 0. The van der Waals surface area contributed by atoms with Crippen LogP contribution in [0.5, 0.6) is 0 Å². The Morgan fingerprint density at radius 1 is 0.351 bits per heavy atom. The fourth-order valence-corrected chi connectivity index (χ4v) is 0. The van der Waals surface area contributed by atoms with E-state index >= 15 is 0 Å². The number of hydrogen-bond donors (Lipinski definition) is 6. The van der Waals surface area contributed by atoms with E-state index in [1.54, 1.807) is 0 Å². The van der Waals surface area contributed by atoms with E-state index in [1.165, 1.54) is 0 Å². The molecular formula is C18H30MoO18-6. The molecule has 222 valence electrons. The minimum atomic E-state index is -1.44. The molecule has 0 heterocycles. The fraction of sp³-hybridized carbons (Fsp3) is 0.667. The van der Waals surface area contributed by atoms with Crippen LogP contribution in [0.1, 0.15) is 41.5 Å². The Labute approximate surface area is 225 Å². The molecule has 37 heavy (non-hydrogen) atoms. The summed E-state index contributed by atoms with van der Waals surface area (Å²) in [6.07, 6.45) is -8.06. The summed E-state index contributed by atoms with van der Waals surface area (Å²) in [6, 6.07) is 0. The van der Waals surface area contributed by atoms with E-state index in [0.717, 1.165) is 41.5 Å². The molecule has 18 nitrogen and oxygen atoms in total. The number of carbonyl (C=O) groups excluding carboxylic acids is 6. The summed E-state index contributed by atoms with van der Waals surface area (Å²) in [4.78, 5) is 56.0. The van der Waals surface area contributed by atoms with Gasteiger partial charge in [0, 0.05) is 21.1 Å². The molecule has 0 aliphatic carbocycles. The second kappa shape index (κ2) is 31.3. The minimum absolute atomic E-state index is 0. The van der Waals surface area contributed by atoms with Gasteiger partial charge in [0.2, 0.25) is 0 Å². The summed E-state index contributed by atoms with van der Waals surface area (Å²) in [6.45, 7) is 6.81. The first-order chi connectivity index (χ1) is 15.9. The van der Waals surface area contributed by atoms with Gasteiger partial charge >= 0.3 is 0 Å². The number of aliphatic hydroxyl groups excluding tert-OH is 6. The third kappa shape index (κ3) is 71.9. The molecular weight excluding hydrogens is 600 g/mol. The third-order valence-electron chi connectivity index (χ3n) is 2.05. The van der Waals surface area contributed by atoms with Gasteiger partial charge in [-0.05, 0) is 41.5 Å². The van der Waals surface area contributed by atoms with Crippen molar-refractivity contribution in [1.82, 2.24) is 0 Å². The molecule has 0 aromatic heterocycles. The quantitative estimate of drug-likeness (QED) is 0.148. The molecule has 0 aliphatic heterocycles. The molecule has 0 aromatic rings. The minimum Gasteiger partial charge on any atom is -0.547 e. The molecule has 6 atom stereocenters. The Kier molecular flexibility index (Phi) is 43.1. The van der Waals surface area contributed by atoms with Crippen LogP contribution in [-0.4, -0.2) is 103 Å². The Morgan fingerprint density at radius 3 is 0.378 bits per heavy atom. The SMILES string of the molecule is CC(O)C(=O)[O-].CC(O)C(=O)[O-].CC(O)C(=O)[O-].CC(O)C(=O)[O-].CC(O)C(=O)[O-].CC(O)C(=O)[O-].[Mo]. The van der Waals surface area contributed by atoms with Crippen molar-refractivity contribution >= 4 is 35.8 Å². The number of carboxylic acids is 6. The topological polar surface area (TPSA) is 362 Å². The first kappa shape index (κ1) is 51.0. The van der Waals surface area contributed by atoms with Crippen LogP contribution < -0.4 is 30.6 Å². The second-order valence-corrected chi connectivity index (χ2v) is 5.97. The molecule has 0 saturated heterocycles. The predicted molar refractivity (Wildman–Crippen MR) is 100 cm³/mol. The number of carbonyl (C=O) groups is 6. The van der Waals surface area contributed by atoms with Gasteiger partial charge in [-0.3, -0.25) is 0 Å². The van der Waals surface area contributed by atoms with Crippen molar-refractivity contribution in [2.45, 2.75) is 78.2 Å². The van der Waals surface area contributed by atoms with Crippen LogP contribution >= 0.6 is 0 Å². The maximum absolute atomic E-state index is 9.34. The summed E-state index contributed by atoms with van der Waals surface area (Å²) in [5, 5.41) is 104. The van der Waals surface area contributed by atoms with Crippen LogP contribution in [0.25, 0.3) is 0 Å². The molecule has 6 N–H and O–H groups in total. The Bertz CT molecular complexity index is 489. The van der Waals surface area contributed by atoms with Crippen LogP contribution in [0.3, 0.4) is 0 Å². The molecule has 0 aliphatic rings. The molecule has 0 amide bonds. The first-order valence-corrected chi connectivity index (χ1v) is 9.19. The largest absolute Gasteiger partial charge is 0.547 e. The average Bonchev–Trinajstić information content (AvgIpc) is 2.69. The van der Waals surface area contributed by atoms with Crippen LogP contribution in [0.2, 0.25) is 0 Å². The fourth-order valence-electron chi connectivity index (χ4n) is 0. The van der Waals surface area contributed by atoms with Crippen molar-refractivity contribution in [3.8, 4) is 0 Å². The Hall–Kier alpha value is -2.73. The van der Waals surface area contributed by atoms with Gasteiger partial charge in [0.15, 0.2) is 0 Å². The van der Waals surface area contributed by atoms with E-state index in [2.05, 4.69) is 0 Å². The maximum atomic E-state index is 9.34. The van der Waals surface area contributed by atoms with Crippen LogP contribution in [-0.2, 0) is 49.8 Å². The average molecular weight is 630 g/mol. The van der Waals surface area contributed by atoms with E-state index in [0.29, 0.717) is 0 Å². The first-order valence-electron chi connectivity index (χ1n) is 9.19. The van der Waals surface area contributed by atoms with Gasteiger partial charge in [-0.1, -0.05) is 0 Å². The molecule has 0 rings (SSSR count). The van der Waals surface area contributed by atoms with E-state index in [-0.39, 0.29) is 21.1 Å². The van der Waals surface area contributed by atoms with Crippen molar-refractivity contribution in [3.05, 3.63) is 0 Å². The Balaban J connectivity index is -0.0000000581. The molecule has 0 spiro atoms. The van der Waals surface area contributed by atoms with Crippen molar-refractivity contribution < 1.29 is 111 Å². The van der Waals surface area contributed by atoms with Gasteiger partial charge in [-0.2, -0.15) is 0 Å². The summed E-state index contributed by atoms with van der Waals surface area (Å²) in [7, 11) is 0. The zero-order valence-electron chi connectivity index (χ0n) is 20.5. The van der Waals surface area contributed by atoms with Crippen molar-refractivity contribution in [2.24, 2.45) is 0 Å². The number of aliphatic carboxylic acids is 6. The standard InChI is InChI=1S/6C3H6O3.Mo/c6*1-2(4)3(5)6;/h6*2,4H,1H3,(H,5,6);/p-6.